The fraction of sp³-hybridized carbons (Fsp3) is 0.571. The molecule has 1 atom stereocenters. The van der Waals surface area contributed by atoms with E-state index in [2.05, 4.69) is 26.1 Å². The average molecular weight is 284 g/mol. The highest BCUT2D eigenvalue weighted by Crippen LogP contribution is 2.20. The van der Waals surface area contributed by atoms with Crippen molar-refractivity contribution in [3.05, 3.63) is 23.8 Å². The minimum atomic E-state index is -3.66. The second-order valence-electron chi connectivity index (χ2n) is 5.54. The molecule has 0 saturated carbocycles. The van der Waals surface area contributed by atoms with E-state index in [1.54, 1.807) is 19.1 Å². The highest BCUT2D eigenvalue weighted by atomic mass is 32.2. The third-order valence-corrected chi connectivity index (χ3v) is 4.14. The van der Waals surface area contributed by atoms with Gasteiger partial charge in [0.25, 0.3) is 0 Å². The molecule has 19 heavy (non-hydrogen) atoms. The number of hydrogen-bond donors (Lipinski definition) is 2. The molecule has 1 rings (SSSR count). The van der Waals surface area contributed by atoms with Gasteiger partial charge >= 0.3 is 0 Å². The van der Waals surface area contributed by atoms with Gasteiger partial charge in [-0.2, -0.15) is 0 Å². The predicted molar refractivity (Wildman–Crippen MR) is 79.7 cm³/mol. The SMILES string of the molecule is Cc1ccc(NC(C)CCC(C)C)cc1S(N)(=O)=O. The topological polar surface area (TPSA) is 72.2 Å². The minimum Gasteiger partial charge on any atom is -0.383 e. The summed E-state index contributed by atoms with van der Waals surface area (Å²) in [5, 5.41) is 8.52. The van der Waals surface area contributed by atoms with Gasteiger partial charge in [0.15, 0.2) is 0 Å². The summed E-state index contributed by atoms with van der Waals surface area (Å²) in [6.45, 7) is 8.22. The molecule has 1 aromatic rings. The Balaban J connectivity index is 2.80. The zero-order valence-corrected chi connectivity index (χ0v) is 12.9. The maximum Gasteiger partial charge on any atom is 0.238 e. The van der Waals surface area contributed by atoms with Crippen LogP contribution < -0.4 is 10.5 Å². The van der Waals surface area contributed by atoms with E-state index in [-0.39, 0.29) is 4.90 Å². The number of benzene rings is 1. The van der Waals surface area contributed by atoms with Gasteiger partial charge in [0.2, 0.25) is 10.0 Å². The van der Waals surface area contributed by atoms with E-state index in [0.29, 0.717) is 17.5 Å². The fourth-order valence-corrected chi connectivity index (χ4v) is 2.74. The first-order valence-corrected chi connectivity index (χ1v) is 8.14. The van der Waals surface area contributed by atoms with Crippen molar-refractivity contribution in [2.75, 3.05) is 5.32 Å². The number of primary sulfonamides is 1. The summed E-state index contributed by atoms with van der Waals surface area (Å²) in [7, 11) is -3.66. The molecule has 0 amide bonds. The van der Waals surface area contributed by atoms with Crippen LogP contribution in [-0.4, -0.2) is 14.5 Å². The number of aryl methyl sites for hydroxylation is 1. The van der Waals surface area contributed by atoms with E-state index >= 15 is 0 Å². The molecule has 0 saturated heterocycles. The molecule has 0 aliphatic carbocycles. The van der Waals surface area contributed by atoms with Crippen LogP contribution in [0, 0.1) is 12.8 Å². The zero-order valence-electron chi connectivity index (χ0n) is 12.1. The van der Waals surface area contributed by atoms with Crippen molar-refractivity contribution >= 4 is 15.7 Å². The first kappa shape index (κ1) is 16.0. The maximum absolute atomic E-state index is 11.5. The predicted octanol–water partition coefficient (Wildman–Crippen LogP) is 2.88. The van der Waals surface area contributed by atoms with E-state index in [0.717, 1.165) is 18.5 Å². The number of hydrogen-bond acceptors (Lipinski definition) is 3. The highest BCUT2D eigenvalue weighted by Gasteiger charge is 2.13. The molecule has 0 bridgehead atoms. The molecule has 1 unspecified atom stereocenters. The van der Waals surface area contributed by atoms with Crippen molar-refractivity contribution in [3.63, 3.8) is 0 Å². The lowest BCUT2D eigenvalue weighted by Gasteiger charge is -2.17. The van der Waals surface area contributed by atoms with Gasteiger partial charge < -0.3 is 5.32 Å². The average Bonchev–Trinajstić information content (AvgIpc) is 2.27. The maximum atomic E-state index is 11.5. The third kappa shape index (κ3) is 5.20. The molecule has 0 fully saturated rings. The molecule has 0 aromatic heterocycles. The van der Waals surface area contributed by atoms with Crippen LogP contribution >= 0.6 is 0 Å². The summed E-state index contributed by atoms with van der Waals surface area (Å²) in [5.41, 5.74) is 1.47. The molecule has 0 aliphatic heterocycles. The van der Waals surface area contributed by atoms with Crippen LogP contribution in [0.5, 0.6) is 0 Å². The van der Waals surface area contributed by atoms with Crippen molar-refractivity contribution in [1.29, 1.82) is 0 Å². The minimum absolute atomic E-state index is 0.188. The summed E-state index contributed by atoms with van der Waals surface area (Å²) in [6, 6.07) is 5.57. The lowest BCUT2D eigenvalue weighted by Crippen LogP contribution is -2.17. The van der Waals surface area contributed by atoms with Gasteiger partial charge in [-0.05, 0) is 50.3 Å². The van der Waals surface area contributed by atoms with E-state index in [1.165, 1.54) is 0 Å². The van der Waals surface area contributed by atoms with Crippen LogP contribution in [0.3, 0.4) is 0 Å². The van der Waals surface area contributed by atoms with Gasteiger partial charge in [-0.25, -0.2) is 13.6 Å². The Morgan fingerprint density at radius 1 is 1.21 bits per heavy atom. The van der Waals surface area contributed by atoms with Crippen LogP contribution in [0.15, 0.2) is 23.1 Å². The van der Waals surface area contributed by atoms with Gasteiger partial charge in [-0.3, -0.25) is 0 Å². The van der Waals surface area contributed by atoms with Crippen molar-refractivity contribution in [1.82, 2.24) is 0 Å². The van der Waals surface area contributed by atoms with Crippen molar-refractivity contribution in [3.8, 4) is 0 Å². The Labute approximate surface area is 116 Å². The third-order valence-electron chi connectivity index (χ3n) is 3.08. The van der Waals surface area contributed by atoms with Crippen LogP contribution in [0.2, 0.25) is 0 Å². The molecule has 1 aromatic carbocycles. The van der Waals surface area contributed by atoms with E-state index < -0.39 is 10.0 Å². The first-order valence-electron chi connectivity index (χ1n) is 6.60. The Hall–Kier alpha value is -1.07. The van der Waals surface area contributed by atoms with Crippen molar-refractivity contribution in [2.45, 2.75) is 51.5 Å². The Bertz CT molecular complexity index is 524. The van der Waals surface area contributed by atoms with Gasteiger partial charge in [-0.15, -0.1) is 0 Å². The summed E-state index contributed by atoms with van der Waals surface area (Å²) in [6.07, 6.45) is 2.19. The highest BCUT2D eigenvalue weighted by molar-refractivity contribution is 7.89. The largest absolute Gasteiger partial charge is 0.383 e. The fourth-order valence-electron chi connectivity index (χ4n) is 1.94. The van der Waals surface area contributed by atoms with Crippen molar-refractivity contribution < 1.29 is 8.42 Å². The molecule has 0 spiro atoms. The first-order chi connectivity index (χ1) is 8.70. The van der Waals surface area contributed by atoms with Crippen LogP contribution in [-0.2, 0) is 10.0 Å². The summed E-state index contributed by atoms with van der Waals surface area (Å²) in [4.78, 5) is 0.188. The van der Waals surface area contributed by atoms with Gasteiger partial charge in [0, 0.05) is 11.7 Å². The molecular formula is C14H24N2O2S. The summed E-state index contributed by atoms with van der Waals surface area (Å²) < 4.78 is 22.9. The second kappa shape index (κ2) is 6.39. The Morgan fingerprint density at radius 3 is 2.37 bits per heavy atom. The lowest BCUT2D eigenvalue weighted by molar-refractivity contribution is 0.527. The normalized spacial score (nSPS) is 13.6. The molecule has 0 heterocycles. The monoisotopic (exact) mass is 284 g/mol. The molecule has 3 N–H and O–H groups in total. The number of rotatable bonds is 6. The molecule has 108 valence electrons. The van der Waals surface area contributed by atoms with Gasteiger partial charge in [0.1, 0.15) is 0 Å². The molecule has 4 nitrogen and oxygen atoms in total. The number of nitrogens with two attached hydrogens (primary N) is 1. The van der Waals surface area contributed by atoms with E-state index in [1.807, 2.05) is 6.07 Å². The van der Waals surface area contributed by atoms with Gasteiger partial charge in [-0.1, -0.05) is 19.9 Å². The Kier molecular flexibility index (Phi) is 5.38. The van der Waals surface area contributed by atoms with Crippen LogP contribution in [0.1, 0.15) is 39.2 Å². The zero-order chi connectivity index (χ0) is 14.6. The molecule has 5 heteroatoms. The van der Waals surface area contributed by atoms with Crippen LogP contribution in [0.25, 0.3) is 0 Å². The number of nitrogens with one attached hydrogen (secondary N) is 1. The van der Waals surface area contributed by atoms with Gasteiger partial charge in [0.05, 0.1) is 4.90 Å². The Morgan fingerprint density at radius 2 is 1.84 bits per heavy atom. The summed E-state index contributed by atoms with van der Waals surface area (Å²) in [5.74, 6) is 0.669. The van der Waals surface area contributed by atoms with Crippen LogP contribution in [0.4, 0.5) is 5.69 Å². The van der Waals surface area contributed by atoms with E-state index in [4.69, 9.17) is 5.14 Å². The lowest BCUT2D eigenvalue weighted by atomic mass is 10.0. The number of sulfonamides is 1. The standard InChI is InChI=1S/C14H24N2O2S/c1-10(2)5-7-12(4)16-13-8-6-11(3)14(9-13)19(15,17)18/h6,8-10,12,16H,5,7H2,1-4H3,(H2,15,17,18). The summed E-state index contributed by atoms with van der Waals surface area (Å²) >= 11 is 0. The van der Waals surface area contributed by atoms with Crippen molar-refractivity contribution in [2.24, 2.45) is 11.1 Å². The molecule has 0 radical (unpaired) electrons. The quantitative estimate of drug-likeness (QED) is 0.843. The molecular weight excluding hydrogens is 260 g/mol. The second-order valence-corrected chi connectivity index (χ2v) is 7.07. The molecule has 0 aliphatic rings. The smallest absolute Gasteiger partial charge is 0.238 e. The van der Waals surface area contributed by atoms with E-state index in [9.17, 15) is 8.42 Å². The number of anilines is 1.